The predicted octanol–water partition coefficient (Wildman–Crippen LogP) is 2.47. The van der Waals surface area contributed by atoms with E-state index in [0.29, 0.717) is 12.1 Å². The smallest absolute Gasteiger partial charge is 0.396 e. The number of nitrogens with zero attached hydrogens (tertiary/aromatic N) is 3. The molecule has 2 rings (SSSR count). The van der Waals surface area contributed by atoms with Gasteiger partial charge in [-0.2, -0.15) is 13.2 Å². The Hall–Kier alpha value is -1.60. The van der Waals surface area contributed by atoms with Gasteiger partial charge in [0.2, 0.25) is 0 Å². The molecular formula is C11H9ClF3N3O. The number of benzene rings is 1. The van der Waals surface area contributed by atoms with Crippen molar-refractivity contribution in [2.45, 2.75) is 12.6 Å². The molecule has 0 atom stereocenters. The third-order valence-electron chi connectivity index (χ3n) is 2.43. The maximum atomic E-state index is 12.7. The first-order valence-electron chi connectivity index (χ1n) is 5.31. The molecule has 2 aromatic rings. The third kappa shape index (κ3) is 3.05. The lowest BCUT2D eigenvalue weighted by Gasteiger charge is -2.10. The SMILES string of the molecule is OCCc1cn(-c2ccc(Cl)c(C(F)(F)F)c2)nn1. The Morgan fingerprint density at radius 1 is 1.32 bits per heavy atom. The van der Waals surface area contributed by atoms with Gasteiger partial charge in [0.15, 0.2) is 0 Å². The lowest BCUT2D eigenvalue weighted by molar-refractivity contribution is -0.137. The van der Waals surface area contributed by atoms with Crippen molar-refractivity contribution in [3.05, 3.63) is 40.7 Å². The largest absolute Gasteiger partial charge is 0.417 e. The zero-order valence-corrected chi connectivity index (χ0v) is 10.3. The first-order valence-corrected chi connectivity index (χ1v) is 5.69. The number of hydrogen-bond acceptors (Lipinski definition) is 3. The van der Waals surface area contributed by atoms with Gasteiger partial charge in [0.1, 0.15) is 0 Å². The van der Waals surface area contributed by atoms with Crippen molar-refractivity contribution in [1.29, 1.82) is 0 Å². The normalized spacial score (nSPS) is 11.8. The van der Waals surface area contributed by atoms with Crippen molar-refractivity contribution in [3.8, 4) is 5.69 Å². The number of aromatic nitrogens is 3. The Balaban J connectivity index is 2.39. The number of halogens is 4. The van der Waals surface area contributed by atoms with Crippen LogP contribution in [-0.4, -0.2) is 26.7 Å². The minimum Gasteiger partial charge on any atom is -0.396 e. The van der Waals surface area contributed by atoms with Crippen LogP contribution in [0.25, 0.3) is 5.69 Å². The molecule has 4 nitrogen and oxygen atoms in total. The van der Waals surface area contributed by atoms with E-state index < -0.39 is 11.7 Å². The maximum Gasteiger partial charge on any atom is 0.417 e. The predicted molar refractivity (Wildman–Crippen MR) is 62.2 cm³/mol. The van der Waals surface area contributed by atoms with Crippen molar-refractivity contribution in [2.24, 2.45) is 0 Å². The van der Waals surface area contributed by atoms with Crippen LogP contribution >= 0.6 is 11.6 Å². The minimum atomic E-state index is -4.53. The second-order valence-electron chi connectivity index (χ2n) is 3.79. The molecule has 0 fully saturated rings. The van der Waals surface area contributed by atoms with Crippen LogP contribution in [-0.2, 0) is 12.6 Å². The fourth-order valence-electron chi connectivity index (χ4n) is 1.53. The van der Waals surface area contributed by atoms with Crippen LogP contribution in [0.1, 0.15) is 11.3 Å². The Morgan fingerprint density at radius 3 is 2.68 bits per heavy atom. The zero-order chi connectivity index (χ0) is 14.0. The summed E-state index contributed by atoms with van der Waals surface area (Å²) in [5.74, 6) is 0. The molecule has 1 N–H and O–H groups in total. The minimum absolute atomic E-state index is 0.104. The van der Waals surface area contributed by atoms with E-state index in [4.69, 9.17) is 16.7 Å². The van der Waals surface area contributed by atoms with Crippen LogP contribution in [0, 0.1) is 0 Å². The summed E-state index contributed by atoms with van der Waals surface area (Å²) in [6, 6.07) is 3.47. The zero-order valence-electron chi connectivity index (χ0n) is 9.52. The van der Waals surface area contributed by atoms with Gasteiger partial charge in [-0.15, -0.1) is 5.10 Å². The van der Waals surface area contributed by atoms with Gasteiger partial charge in [-0.3, -0.25) is 0 Å². The quantitative estimate of drug-likeness (QED) is 0.945. The third-order valence-corrected chi connectivity index (χ3v) is 2.76. The molecule has 0 spiro atoms. The Morgan fingerprint density at radius 2 is 2.05 bits per heavy atom. The Kier molecular flexibility index (Phi) is 3.77. The van der Waals surface area contributed by atoms with Crippen molar-refractivity contribution >= 4 is 11.6 Å². The lowest BCUT2D eigenvalue weighted by atomic mass is 10.2. The molecule has 1 aromatic carbocycles. The van der Waals surface area contributed by atoms with Crippen LogP contribution in [0.5, 0.6) is 0 Å². The summed E-state index contributed by atoms with van der Waals surface area (Å²) < 4.78 is 39.3. The molecular weight excluding hydrogens is 283 g/mol. The van der Waals surface area contributed by atoms with Crippen molar-refractivity contribution in [2.75, 3.05) is 6.61 Å². The molecule has 0 amide bonds. The van der Waals surface area contributed by atoms with E-state index in [0.717, 1.165) is 12.1 Å². The molecule has 0 saturated heterocycles. The molecule has 0 unspecified atom stereocenters. The standard InChI is InChI=1S/C11H9ClF3N3O/c12-10-2-1-8(5-9(10)11(13,14)15)18-6-7(3-4-19)16-17-18/h1-2,5-6,19H,3-4H2. The highest BCUT2D eigenvalue weighted by Crippen LogP contribution is 2.35. The van der Waals surface area contributed by atoms with Gasteiger partial charge in [-0.05, 0) is 18.2 Å². The van der Waals surface area contributed by atoms with E-state index in [1.54, 1.807) is 0 Å². The fourth-order valence-corrected chi connectivity index (χ4v) is 1.75. The van der Waals surface area contributed by atoms with E-state index in [1.807, 2.05) is 0 Å². The van der Waals surface area contributed by atoms with E-state index in [2.05, 4.69) is 10.3 Å². The van der Waals surface area contributed by atoms with E-state index in [-0.39, 0.29) is 17.3 Å². The summed E-state index contributed by atoms with van der Waals surface area (Å²) in [4.78, 5) is 0. The highest BCUT2D eigenvalue weighted by Gasteiger charge is 2.33. The van der Waals surface area contributed by atoms with Crippen molar-refractivity contribution in [1.82, 2.24) is 15.0 Å². The first kappa shape index (κ1) is 13.8. The topological polar surface area (TPSA) is 50.9 Å². The van der Waals surface area contributed by atoms with Gasteiger partial charge in [0.25, 0.3) is 0 Å². The van der Waals surface area contributed by atoms with Crippen LogP contribution in [0.15, 0.2) is 24.4 Å². The van der Waals surface area contributed by atoms with Gasteiger partial charge in [0, 0.05) is 13.0 Å². The molecule has 0 aliphatic heterocycles. The highest BCUT2D eigenvalue weighted by atomic mass is 35.5. The number of aliphatic hydroxyl groups is 1. The first-order chi connectivity index (χ1) is 8.91. The molecule has 0 radical (unpaired) electrons. The molecule has 102 valence electrons. The second-order valence-corrected chi connectivity index (χ2v) is 4.20. The summed E-state index contributed by atoms with van der Waals surface area (Å²) in [7, 11) is 0. The van der Waals surface area contributed by atoms with Gasteiger partial charge in [-0.1, -0.05) is 16.8 Å². The second kappa shape index (κ2) is 5.18. The molecule has 1 aromatic heterocycles. The molecule has 0 saturated carbocycles. The monoisotopic (exact) mass is 291 g/mol. The average Bonchev–Trinajstić information content (AvgIpc) is 2.77. The molecule has 1 heterocycles. The van der Waals surface area contributed by atoms with Gasteiger partial charge < -0.3 is 5.11 Å². The van der Waals surface area contributed by atoms with Crippen molar-refractivity contribution < 1.29 is 18.3 Å². The van der Waals surface area contributed by atoms with Crippen LogP contribution in [0.4, 0.5) is 13.2 Å². The lowest BCUT2D eigenvalue weighted by Crippen LogP contribution is -2.07. The van der Waals surface area contributed by atoms with E-state index in [9.17, 15) is 13.2 Å². The van der Waals surface area contributed by atoms with Crippen LogP contribution in [0.2, 0.25) is 5.02 Å². The molecule has 0 aliphatic carbocycles. The summed E-state index contributed by atoms with van der Waals surface area (Å²) >= 11 is 5.52. The molecule has 8 heteroatoms. The summed E-state index contributed by atoms with van der Waals surface area (Å²) in [6.45, 7) is -0.104. The van der Waals surface area contributed by atoms with E-state index >= 15 is 0 Å². The summed E-state index contributed by atoms with van der Waals surface area (Å²) in [5.41, 5.74) is -0.231. The average molecular weight is 292 g/mol. The van der Waals surface area contributed by atoms with E-state index in [1.165, 1.54) is 16.9 Å². The molecule has 0 aliphatic rings. The van der Waals surface area contributed by atoms with Gasteiger partial charge in [0.05, 0.1) is 28.2 Å². The molecule has 19 heavy (non-hydrogen) atoms. The summed E-state index contributed by atoms with van der Waals surface area (Å²) in [6.07, 6.45) is -2.78. The summed E-state index contributed by atoms with van der Waals surface area (Å²) in [5, 5.41) is 15.8. The molecule has 0 bridgehead atoms. The van der Waals surface area contributed by atoms with Crippen LogP contribution < -0.4 is 0 Å². The Bertz CT molecular complexity index is 583. The van der Waals surface area contributed by atoms with Gasteiger partial charge in [-0.25, -0.2) is 4.68 Å². The number of aliphatic hydroxyl groups excluding tert-OH is 1. The fraction of sp³-hybridized carbons (Fsp3) is 0.273. The number of rotatable bonds is 3. The Labute approximate surface area is 111 Å². The van der Waals surface area contributed by atoms with Crippen molar-refractivity contribution in [3.63, 3.8) is 0 Å². The maximum absolute atomic E-state index is 12.7. The van der Waals surface area contributed by atoms with Gasteiger partial charge >= 0.3 is 6.18 Å². The number of alkyl halides is 3. The highest BCUT2D eigenvalue weighted by molar-refractivity contribution is 6.31. The van der Waals surface area contributed by atoms with Crippen LogP contribution in [0.3, 0.4) is 0 Å². The number of hydrogen-bond donors (Lipinski definition) is 1.